The number of hydrazone groups is 1. The van der Waals surface area contributed by atoms with Gasteiger partial charge >= 0.3 is 0 Å². The van der Waals surface area contributed by atoms with E-state index in [0.29, 0.717) is 11.1 Å². The number of carbonyl (C=O) groups is 2. The van der Waals surface area contributed by atoms with E-state index in [1.165, 1.54) is 32.0 Å². The highest BCUT2D eigenvalue weighted by atomic mass is 32.2. The second-order valence-corrected chi connectivity index (χ2v) is 6.52. The molecule has 2 aliphatic rings. The second-order valence-electron chi connectivity index (χ2n) is 5.17. The zero-order valence-corrected chi connectivity index (χ0v) is 11.8. The van der Waals surface area contributed by atoms with Gasteiger partial charge in [-0.25, -0.2) is 5.01 Å². The molecule has 0 aromatic heterocycles. The van der Waals surface area contributed by atoms with Crippen LogP contribution in [0.15, 0.2) is 5.10 Å². The summed E-state index contributed by atoms with van der Waals surface area (Å²) in [6.07, 6.45) is 4.17. The Morgan fingerprint density at radius 3 is 2.78 bits per heavy atom. The highest BCUT2D eigenvalue weighted by Gasteiger charge is 2.48. The maximum atomic E-state index is 11.8. The lowest BCUT2D eigenvalue weighted by Gasteiger charge is -2.40. The summed E-state index contributed by atoms with van der Waals surface area (Å²) in [7, 11) is 0. The smallest absolute Gasteiger partial charge is 0.240 e. The van der Waals surface area contributed by atoms with Crippen LogP contribution < -0.4 is 5.32 Å². The number of nitrogens with zero attached hydrogens (tertiary/aromatic N) is 2. The summed E-state index contributed by atoms with van der Waals surface area (Å²) in [6.45, 7) is 5.19. The summed E-state index contributed by atoms with van der Waals surface area (Å²) >= 11 is 1.53. The Hall–Kier alpha value is -1.04. The molecule has 1 aliphatic heterocycles. The van der Waals surface area contributed by atoms with Crippen molar-refractivity contribution < 1.29 is 9.59 Å². The average molecular weight is 269 g/mol. The van der Waals surface area contributed by atoms with E-state index in [1.807, 2.05) is 0 Å². The van der Waals surface area contributed by atoms with Crippen LogP contribution in [0, 0.1) is 5.92 Å². The molecule has 100 valence electrons. The highest BCUT2D eigenvalue weighted by Crippen LogP contribution is 2.48. The summed E-state index contributed by atoms with van der Waals surface area (Å²) in [5.41, 5.74) is 0. The molecule has 1 aliphatic carbocycles. The third-order valence-corrected chi connectivity index (χ3v) is 4.68. The number of hydrogen-bond acceptors (Lipinski definition) is 4. The maximum Gasteiger partial charge on any atom is 0.240 e. The Labute approximate surface area is 111 Å². The number of nitrogens with one attached hydrogen (secondary N) is 1. The van der Waals surface area contributed by atoms with Crippen LogP contribution in [-0.4, -0.2) is 26.9 Å². The molecule has 18 heavy (non-hydrogen) atoms. The molecule has 1 saturated carbocycles. The molecule has 1 N–H and O–H groups in total. The zero-order chi connectivity index (χ0) is 13.3. The predicted octanol–water partition coefficient (Wildman–Crippen LogP) is 1.90. The molecule has 1 heterocycles. The van der Waals surface area contributed by atoms with Gasteiger partial charge in [-0.2, -0.15) is 0 Å². The fourth-order valence-electron chi connectivity index (χ4n) is 2.74. The third kappa shape index (κ3) is 2.53. The van der Waals surface area contributed by atoms with Crippen LogP contribution in [0.25, 0.3) is 0 Å². The fourth-order valence-corrected chi connectivity index (χ4v) is 4.29. The molecule has 0 saturated heterocycles. The van der Waals surface area contributed by atoms with Gasteiger partial charge in [0.1, 0.15) is 4.87 Å². The first-order valence-electron chi connectivity index (χ1n) is 6.29. The minimum atomic E-state index is -0.277. The van der Waals surface area contributed by atoms with E-state index in [9.17, 15) is 9.59 Å². The van der Waals surface area contributed by atoms with Crippen molar-refractivity contribution in [3.05, 3.63) is 0 Å². The summed E-state index contributed by atoms with van der Waals surface area (Å²) in [6, 6.07) is 0. The van der Waals surface area contributed by atoms with Crippen LogP contribution in [-0.2, 0) is 9.59 Å². The molecule has 0 unspecified atom stereocenters. The topological polar surface area (TPSA) is 61.8 Å². The van der Waals surface area contributed by atoms with Crippen LogP contribution in [0.3, 0.4) is 0 Å². The van der Waals surface area contributed by atoms with Crippen LogP contribution in [0.4, 0.5) is 0 Å². The van der Waals surface area contributed by atoms with Crippen LogP contribution in [0.1, 0.15) is 46.5 Å². The summed E-state index contributed by atoms with van der Waals surface area (Å²) in [4.78, 5) is 22.6. The van der Waals surface area contributed by atoms with E-state index in [-0.39, 0.29) is 16.7 Å². The minimum Gasteiger partial charge on any atom is -0.304 e. The Morgan fingerprint density at radius 1 is 1.50 bits per heavy atom. The number of hydrogen-bond donors (Lipinski definition) is 1. The monoisotopic (exact) mass is 269 g/mol. The molecule has 2 rings (SSSR count). The molecule has 6 heteroatoms. The van der Waals surface area contributed by atoms with Gasteiger partial charge in [0.05, 0.1) is 0 Å². The van der Waals surface area contributed by atoms with E-state index in [4.69, 9.17) is 0 Å². The average Bonchev–Trinajstić information content (AvgIpc) is 2.55. The normalized spacial score (nSPS) is 31.4. The molecule has 1 fully saturated rings. The van der Waals surface area contributed by atoms with E-state index >= 15 is 0 Å². The van der Waals surface area contributed by atoms with Crippen LogP contribution in [0.2, 0.25) is 0 Å². The molecule has 0 radical (unpaired) electrons. The van der Waals surface area contributed by atoms with Gasteiger partial charge in [-0.1, -0.05) is 25.1 Å². The first-order valence-corrected chi connectivity index (χ1v) is 7.10. The van der Waals surface area contributed by atoms with E-state index < -0.39 is 0 Å². The quantitative estimate of drug-likeness (QED) is 0.730. The van der Waals surface area contributed by atoms with Crippen LogP contribution in [0.5, 0.6) is 0 Å². The minimum absolute atomic E-state index is 0.0584. The van der Waals surface area contributed by atoms with Crippen molar-refractivity contribution in [1.82, 2.24) is 10.3 Å². The van der Waals surface area contributed by atoms with Gasteiger partial charge < -0.3 is 5.32 Å². The number of rotatable bonds is 0. The number of amides is 2. The predicted molar refractivity (Wildman–Crippen MR) is 71.7 cm³/mol. The van der Waals surface area contributed by atoms with Crippen molar-refractivity contribution in [2.45, 2.75) is 51.3 Å². The highest BCUT2D eigenvalue weighted by molar-refractivity contribution is 8.15. The van der Waals surface area contributed by atoms with Crippen molar-refractivity contribution in [2.24, 2.45) is 11.0 Å². The summed E-state index contributed by atoms with van der Waals surface area (Å²) < 4.78 is 0. The Kier molecular flexibility index (Phi) is 3.66. The first kappa shape index (κ1) is 13.4. The Morgan fingerprint density at radius 2 is 2.22 bits per heavy atom. The van der Waals surface area contributed by atoms with Crippen molar-refractivity contribution in [3.8, 4) is 0 Å². The molecule has 2 amide bonds. The van der Waals surface area contributed by atoms with Crippen molar-refractivity contribution in [1.29, 1.82) is 0 Å². The maximum absolute atomic E-state index is 11.8. The molecule has 2 atom stereocenters. The lowest BCUT2D eigenvalue weighted by molar-refractivity contribution is -0.133. The Bertz CT molecular complexity index is 410. The van der Waals surface area contributed by atoms with Gasteiger partial charge in [-0.3, -0.25) is 9.59 Å². The number of carbonyl (C=O) groups excluding carboxylic acids is 2. The largest absolute Gasteiger partial charge is 0.304 e. The molecular formula is C12H19N3O2S. The lowest BCUT2D eigenvalue weighted by atomic mass is 9.86. The third-order valence-electron chi connectivity index (χ3n) is 3.38. The SMILES string of the molecule is CC(=O)NC1=NN(C(C)=O)[C@]2(CCC[C@H](C)C2)S1. The fraction of sp³-hybridized carbons (Fsp3) is 0.750. The summed E-state index contributed by atoms with van der Waals surface area (Å²) in [5, 5.41) is 9.08. The molecule has 1 spiro atoms. The van der Waals surface area contributed by atoms with Gasteiger partial charge in [0, 0.05) is 13.8 Å². The second kappa shape index (κ2) is 4.91. The molecular weight excluding hydrogens is 250 g/mol. The van der Waals surface area contributed by atoms with E-state index in [2.05, 4.69) is 17.3 Å². The van der Waals surface area contributed by atoms with E-state index in [0.717, 1.165) is 19.3 Å². The standard InChI is InChI=1S/C12H19N3O2S/c1-8-5-4-6-12(7-8)15(10(3)17)14-11(18-12)13-9(2)16/h8H,4-7H2,1-3H3,(H,13,14,16)/t8-,12+/m0/s1. The molecule has 5 nitrogen and oxygen atoms in total. The van der Waals surface area contributed by atoms with Gasteiger partial charge in [0.15, 0.2) is 5.17 Å². The van der Waals surface area contributed by atoms with Crippen molar-refractivity contribution in [2.75, 3.05) is 0 Å². The first-order chi connectivity index (χ1) is 8.43. The summed E-state index contributed by atoms with van der Waals surface area (Å²) in [5.74, 6) is 0.377. The van der Waals surface area contributed by atoms with Crippen molar-refractivity contribution in [3.63, 3.8) is 0 Å². The van der Waals surface area contributed by atoms with Gasteiger partial charge in [0.2, 0.25) is 11.8 Å². The van der Waals surface area contributed by atoms with Crippen molar-refractivity contribution >= 4 is 28.7 Å². The van der Waals surface area contributed by atoms with Gasteiger partial charge in [-0.15, -0.1) is 5.10 Å². The number of thioether (sulfide) groups is 1. The molecule has 0 aromatic carbocycles. The van der Waals surface area contributed by atoms with Gasteiger partial charge in [-0.05, 0) is 25.2 Å². The van der Waals surface area contributed by atoms with Gasteiger partial charge in [0.25, 0.3) is 0 Å². The zero-order valence-electron chi connectivity index (χ0n) is 11.0. The number of amidine groups is 1. The van der Waals surface area contributed by atoms with E-state index in [1.54, 1.807) is 5.01 Å². The molecule has 0 aromatic rings. The van der Waals surface area contributed by atoms with Crippen LogP contribution >= 0.6 is 11.8 Å². The lowest BCUT2D eigenvalue weighted by Crippen LogP contribution is -2.45. The Balaban J connectivity index is 2.21. The molecule has 0 bridgehead atoms.